The monoisotopic (exact) mass is 306 g/mol. The average Bonchev–Trinajstić information content (AvgIpc) is 3.10. The lowest BCUT2D eigenvalue weighted by molar-refractivity contribution is -0.132. The van der Waals surface area contributed by atoms with Crippen molar-refractivity contribution in [3.05, 3.63) is 64.0 Å². The minimum Gasteiger partial charge on any atom is -0.332 e. The molecular weight excluding hydrogens is 284 g/mol. The molecule has 0 saturated carbocycles. The van der Waals surface area contributed by atoms with E-state index < -0.39 is 0 Å². The Bertz CT molecular complexity index is 756. The summed E-state index contributed by atoms with van der Waals surface area (Å²) in [7, 11) is 0. The Balaban J connectivity index is 1.43. The molecule has 0 spiro atoms. The Morgan fingerprint density at radius 1 is 1.17 bits per heavy atom. The molecule has 1 aromatic heterocycles. The molecule has 1 aliphatic heterocycles. The molecular formula is C20H22N2O. The van der Waals surface area contributed by atoms with Crippen molar-refractivity contribution in [3.63, 3.8) is 0 Å². The third-order valence-corrected chi connectivity index (χ3v) is 5.20. The quantitative estimate of drug-likeness (QED) is 0.852. The number of carbonyl (C=O) groups is 1. The summed E-state index contributed by atoms with van der Waals surface area (Å²) < 4.78 is 0. The number of benzene rings is 1. The van der Waals surface area contributed by atoms with Crippen LogP contribution in [0.25, 0.3) is 0 Å². The number of rotatable bonds is 2. The van der Waals surface area contributed by atoms with Gasteiger partial charge >= 0.3 is 0 Å². The van der Waals surface area contributed by atoms with Gasteiger partial charge in [0.05, 0.1) is 12.2 Å². The number of pyridine rings is 1. The predicted molar refractivity (Wildman–Crippen MR) is 89.9 cm³/mol. The van der Waals surface area contributed by atoms with Crippen LogP contribution in [-0.2, 0) is 30.7 Å². The van der Waals surface area contributed by atoms with Gasteiger partial charge in [-0.05, 0) is 60.9 Å². The van der Waals surface area contributed by atoms with Crippen LogP contribution in [0.5, 0.6) is 0 Å². The molecule has 3 nitrogen and oxygen atoms in total. The molecule has 2 heterocycles. The summed E-state index contributed by atoms with van der Waals surface area (Å²) in [5.41, 5.74) is 7.48. The fraction of sp³-hybridized carbons (Fsp3) is 0.400. The van der Waals surface area contributed by atoms with Gasteiger partial charge in [-0.1, -0.05) is 24.3 Å². The number of carbonyl (C=O) groups excluding carboxylic acids is 1. The molecule has 0 bridgehead atoms. The lowest BCUT2D eigenvalue weighted by atomic mass is 10.0. The molecule has 1 aromatic carbocycles. The summed E-state index contributed by atoms with van der Waals surface area (Å²) in [4.78, 5) is 19.3. The van der Waals surface area contributed by atoms with Gasteiger partial charge in [0.25, 0.3) is 0 Å². The highest BCUT2D eigenvalue weighted by Gasteiger charge is 2.29. The Labute approximate surface area is 137 Å². The molecule has 4 rings (SSSR count). The highest BCUT2D eigenvalue weighted by atomic mass is 16.2. The molecule has 0 N–H and O–H groups in total. The first-order valence-electron chi connectivity index (χ1n) is 8.40. The first kappa shape index (κ1) is 14.4. The Hall–Kier alpha value is -2.16. The van der Waals surface area contributed by atoms with Gasteiger partial charge in [0, 0.05) is 18.7 Å². The van der Waals surface area contributed by atoms with Crippen molar-refractivity contribution in [2.24, 2.45) is 5.92 Å². The van der Waals surface area contributed by atoms with E-state index in [1.54, 1.807) is 0 Å². The van der Waals surface area contributed by atoms with Gasteiger partial charge in [-0.2, -0.15) is 0 Å². The lowest BCUT2D eigenvalue weighted by Gasteiger charge is -2.17. The molecule has 0 radical (unpaired) electrons. The molecule has 1 amide bonds. The van der Waals surface area contributed by atoms with Crippen LogP contribution in [-0.4, -0.2) is 15.8 Å². The van der Waals surface area contributed by atoms with Crippen LogP contribution < -0.4 is 0 Å². The smallest absolute Gasteiger partial charge is 0.223 e. The zero-order valence-electron chi connectivity index (χ0n) is 13.8. The zero-order valence-corrected chi connectivity index (χ0v) is 13.8. The second-order valence-corrected chi connectivity index (χ2v) is 7.00. The summed E-state index contributed by atoms with van der Waals surface area (Å²) in [6.45, 7) is 5.55. The predicted octanol–water partition coefficient (Wildman–Crippen LogP) is 3.35. The summed E-state index contributed by atoms with van der Waals surface area (Å²) in [6.07, 6.45) is 2.73. The van der Waals surface area contributed by atoms with Gasteiger partial charge in [-0.15, -0.1) is 0 Å². The SMILES string of the molecule is Cc1cc(C)c2c(n1)CN(C(=O)CC1Cc3ccccc3C1)C2. The van der Waals surface area contributed by atoms with Crippen molar-refractivity contribution >= 4 is 5.91 Å². The molecule has 118 valence electrons. The summed E-state index contributed by atoms with van der Waals surface area (Å²) in [5.74, 6) is 0.734. The number of nitrogens with zero attached hydrogens (tertiary/aromatic N) is 2. The molecule has 2 aromatic rings. The normalized spacial score (nSPS) is 16.5. The van der Waals surface area contributed by atoms with E-state index in [0.717, 1.165) is 30.8 Å². The van der Waals surface area contributed by atoms with Gasteiger partial charge in [0.1, 0.15) is 0 Å². The maximum absolute atomic E-state index is 12.7. The average molecular weight is 306 g/mol. The third kappa shape index (κ3) is 2.65. The van der Waals surface area contributed by atoms with E-state index in [-0.39, 0.29) is 5.91 Å². The second kappa shape index (κ2) is 5.48. The van der Waals surface area contributed by atoms with Crippen LogP contribution >= 0.6 is 0 Å². The second-order valence-electron chi connectivity index (χ2n) is 7.00. The summed E-state index contributed by atoms with van der Waals surface area (Å²) >= 11 is 0. The highest BCUT2D eigenvalue weighted by Crippen LogP contribution is 2.31. The van der Waals surface area contributed by atoms with Gasteiger partial charge < -0.3 is 4.90 Å². The molecule has 0 atom stereocenters. The first-order chi connectivity index (χ1) is 11.1. The van der Waals surface area contributed by atoms with Crippen molar-refractivity contribution in [3.8, 4) is 0 Å². The summed E-state index contributed by atoms with van der Waals surface area (Å²) in [6, 6.07) is 10.7. The van der Waals surface area contributed by atoms with Crippen LogP contribution in [0.3, 0.4) is 0 Å². The number of aromatic nitrogens is 1. The Morgan fingerprint density at radius 2 is 1.87 bits per heavy atom. The zero-order chi connectivity index (χ0) is 16.0. The number of aryl methyl sites for hydroxylation is 2. The maximum Gasteiger partial charge on any atom is 0.223 e. The molecule has 3 heteroatoms. The maximum atomic E-state index is 12.7. The highest BCUT2D eigenvalue weighted by molar-refractivity contribution is 5.77. The molecule has 0 unspecified atom stereocenters. The standard InChI is InChI=1S/C20H22N2O/c1-13-7-14(2)21-19-12-22(11-18(13)19)20(23)10-15-8-16-5-3-4-6-17(16)9-15/h3-7,15H,8-12H2,1-2H3. The van der Waals surface area contributed by atoms with E-state index in [1.807, 2.05) is 11.8 Å². The minimum atomic E-state index is 0.276. The van der Waals surface area contributed by atoms with Crippen LogP contribution in [0.1, 0.15) is 40.1 Å². The molecule has 0 fully saturated rings. The van der Waals surface area contributed by atoms with Crippen LogP contribution in [0.15, 0.2) is 30.3 Å². The van der Waals surface area contributed by atoms with Crippen LogP contribution in [0, 0.1) is 19.8 Å². The largest absolute Gasteiger partial charge is 0.332 e. The molecule has 23 heavy (non-hydrogen) atoms. The van der Waals surface area contributed by atoms with Crippen LogP contribution in [0.2, 0.25) is 0 Å². The molecule has 2 aliphatic rings. The van der Waals surface area contributed by atoms with Crippen molar-refractivity contribution in [2.75, 3.05) is 0 Å². The van der Waals surface area contributed by atoms with Gasteiger partial charge in [0.2, 0.25) is 5.91 Å². The van der Waals surface area contributed by atoms with Crippen LogP contribution in [0.4, 0.5) is 0 Å². The summed E-state index contributed by atoms with van der Waals surface area (Å²) in [5, 5.41) is 0. The third-order valence-electron chi connectivity index (χ3n) is 5.20. The van der Waals surface area contributed by atoms with E-state index in [4.69, 9.17) is 0 Å². The molecule has 0 saturated heterocycles. The topological polar surface area (TPSA) is 33.2 Å². The minimum absolute atomic E-state index is 0.276. The van der Waals surface area contributed by atoms with E-state index >= 15 is 0 Å². The van der Waals surface area contributed by atoms with Gasteiger partial charge in [0.15, 0.2) is 0 Å². The number of hydrogen-bond donors (Lipinski definition) is 0. The van der Waals surface area contributed by atoms with Crippen molar-refractivity contribution in [1.82, 2.24) is 9.88 Å². The first-order valence-corrected chi connectivity index (χ1v) is 8.40. The fourth-order valence-corrected chi connectivity index (χ4v) is 4.06. The van der Waals surface area contributed by atoms with E-state index in [2.05, 4.69) is 42.2 Å². The van der Waals surface area contributed by atoms with E-state index in [9.17, 15) is 4.79 Å². The van der Waals surface area contributed by atoms with Gasteiger partial charge in [-0.3, -0.25) is 9.78 Å². The Kier molecular flexibility index (Phi) is 3.44. The number of fused-ring (bicyclic) bond motifs is 2. The number of hydrogen-bond acceptors (Lipinski definition) is 2. The van der Waals surface area contributed by atoms with Gasteiger partial charge in [-0.25, -0.2) is 0 Å². The van der Waals surface area contributed by atoms with Crippen molar-refractivity contribution < 1.29 is 4.79 Å². The number of amides is 1. The lowest BCUT2D eigenvalue weighted by Crippen LogP contribution is -2.27. The Morgan fingerprint density at radius 3 is 2.57 bits per heavy atom. The van der Waals surface area contributed by atoms with E-state index in [1.165, 1.54) is 22.3 Å². The van der Waals surface area contributed by atoms with E-state index in [0.29, 0.717) is 18.9 Å². The van der Waals surface area contributed by atoms with Crippen molar-refractivity contribution in [2.45, 2.75) is 46.2 Å². The van der Waals surface area contributed by atoms with Crippen molar-refractivity contribution in [1.29, 1.82) is 0 Å². The molecule has 1 aliphatic carbocycles. The fourth-order valence-electron chi connectivity index (χ4n) is 4.06.